The normalized spacial score (nSPS) is 24.0. The topological polar surface area (TPSA) is 65.2 Å². The summed E-state index contributed by atoms with van der Waals surface area (Å²) >= 11 is 0. The minimum absolute atomic E-state index is 0.00382. The second-order valence-corrected chi connectivity index (χ2v) is 7.64. The van der Waals surface area contributed by atoms with Gasteiger partial charge in [0.25, 0.3) is 11.8 Å². The predicted octanol–water partition coefficient (Wildman–Crippen LogP) is 3.21. The molecular weight excluding hydrogens is 378 g/mol. The number of nitrogens with one attached hydrogen (secondary N) is 2. The van der Waals surface area contributed by atoms with Crippen LogP contribution in [0.15, 0.2) is 18.2 Å². The van der Waals surface area contributed by atoms with Gasteiger partial charge in [0, 0.05) is 36.5 Å². The van der Waals surface area contributed by atoms with Crippen LogP contribution in [0.1, 0.15) is 36.7 Å². The van der Waals surface area contributed by atoms with E-state index in [2.05, 4.69) is 10.3 Å². The van der Waals surface area contributed by atoms with Crippen molar-refractivity contribution in [2.75, 3.05) is 13.1 Å². The number of H-pyrrole nitrogens is 1. The Bertz CT molecular complexity index is 934. The lowest BCUT2D eigenvalue weighted by molar-refractivity contribution is -0.132. The summed E-state index contributed by atoms with van der Waals surface area (Å²) in [7, 11) is 0. The largest absolute Gasteiger partial charge is 0.350 e. The molecule has 2 amide bonds. The second kappa shape index (κ2) is 6.22. The maximum atomic E-state index is 13.5. The summed E-state index contributed by atoms with van der Waals surface area (Å²) in [5.41, 5.74) is -0.797. The van der Waals surface area contributed by atoms with E-state index in [4.69, 9.17) is 0 Å². The van der Waals surface area contributed by atoms with E-state index in [1.54, 1.807) is 6.92 Å². The summed E-state index contributed by atoms with van der Waals surface area (Å²) in [5.74, 6) is -5.80. The number of alkyl halides is 2. The van der Waals surface area contributed by atoms with Crippen molar-refractivity contribution in [1.29, 1.82) is 0 Å². The van der Waals surface area contributed by atoms with Crippen LogP contribution in [-0.4, -0.2) is 46.8 Å². The van der Waals surface area contributed by atoms with E-state index in [0.29, 0.717) is 5.39 Å². The van der Waals surface area contributed by atoms with Gasteiger partial charge in [-0.25, -0.2) is 17.6 Å². The number of benzene rings is 1. The molecule has 2 aliphatic rings. The molecule has 1 spiro atoms. The van der Waals surface area contributed by atoms with Crippen molar-refractivity contribution in [1.82, 2.24) is 15.2 Å². The Labute approximate surface area is 158 Å². The van der Waals surface area contributed by atoms with Gasteiger partial charge < -0.3 is 15.2 Å². The molecule has 0 radical (unpaired) electrons. The molecule has 150 valence electrons. The number of halogens is 4. The number of carbonyl (C=O) groups is 2. The molecule has 2 N–H and O–H groups in total. The van der Waals surface area contributed by atoms with E-state index in [-0.39, 0.29) is 43.6 Å². The summed E-state index contributed by atoms with van der Waals surface area (Å²) in [5, 5.41) is 2.90. The third kappa shape index (κ3) is 2.93. The highest BCUT2D eigenvalue weighted by atomic mass is 19.3. The lowest BCUT2D eigenvalue weighted by atomic mass is 10.1. The molecule has 9 heteroatoms. The number of rotatable bonds is 4. The Hall–Kier alpha value is -2.58. The van der Waals surface area contributed by atoms with Gasteiger partial charge in [0.1, 0.15) is 11.7 Å². The maximum absolute atomic E-state index is 13.5. The van der Waals surface area contributed by atoms with Crippen LogP contribution in [0.3, 0.4) is 0 Å². The quantitative estimate of drug-likeness (QED) is 0.779. The van der Waals surface area contributed by atoms with Crippen LogP contribution in [0, 0.1) is 17.0 Å². The highest BCUT2D eigenvalue weighted by Gasteiger charge is 2.73. The van der Waals surface area contributed by atoms with E-state index >= 15 is 0 Å². The molecule has 1 aliphatic heterocycles. The molecule has 1 unspecified atom stereocenters. The lowest BCUT2D eigenvalue weighted by Crippen LogP contribution is -2.47. The van der Waals surface area contributed by atoms with Crippen LogP contribution in [0.4, 0.5) is 17.6 Å². The van der Waals surface area contributed by atoms with Crippen molar-refractivity contribution in [2.45, 2.75) is 38.2 Å². The highest BCUT2D eigenvalue weighted by molar-refractivity contribution is 6.00. The monoisotopic (exact) mass is 397 g/mol. The first kappa shape index (κ1) is 18.8. The van der Waals surface area contributed by atoms with Gasteiger partial charge >= 0.3 is 0 Å². The summed E-state index contributed by atoms with van der Waals surface area (Å²) in [6.07, 6.45) is 0.346. The van der Waals surface area contributed by atoms with Crippen molar-refractivity contribution in [2.24, 2.45) is 5.41 Å². The Morgan fingerprint density at radius 3 is 2.54 bits per heavy atom. The van der Waals surface area contributed by atoms with Crippen LogP contribution in [0.2, 0.25) is 0 Å². The van der Waals surface area contributed by atoms with Crippen molar-refractivity contribution in [3.8, 4) is 0 Å². The fourth-order valence-corrected chi connectivity index (χ4v) is 3.93. The number of aromatic amines is 1. The molecule has 4 rings (SSSR count). The standard InChI is InChI=1S/C19H19F4N3O2/c1-2-13(17(28)26-4-3-18(9-26)8-19(18,22)23)25-16(27)15-6-10-5-11(20)12(21)7-14(10)24-15/h5-7,13,24H,2-4,8-9H2,1H3,(H,25,27)/t13-,18?/m1/s1. The van der Waals surface area contributed by atoms with Gasteiger partial charge in [-0.1, -0.05) is 6.92 Å². The fraction of sp³-hybridized carbons (Fsp3) is 0.474. The van der Waals surface area contributed by atoms with Gasteiger partial charge in [-0.3, -0.25) is 9.59 Å². The zero-order valence-electron chi connectivity index (χ0n) is 15.1. The third-order valence-electron chi connectivity index (χ3n) is 5.79. The molecule has 2 fully saturated rings. The first-order valence-corrected chi connectivity index (χ1v) is 9.11. The number of hydrogen-bond donors (Lipinski definition) is 2. The van der Waals surface area contributed by atoms with Crippen molar-refractivity contribution in [3.63, 3.8) is 0 Å². The average molecular weight is 397 g/mol. The van der Waals surface area contributed by atoms with Gasteiger partial charge in [0.2, 0.25) is 5.91 Å². The first-order chi connectivity index (χ1) is 13.2. The molecule has 0 bridgehead atoms. The average Bonchev–Trinajstić information content (AvgIpc) is 3.01. The zero-order valence-corrected chi connectivity index (χ0v) is 15.1. The Morgan fingerprint density at radius 2 is 1.93 bits per heavy atom. The molecule has 2 heterocycles. The van der Waals surface area contributed by atoms with E-state index in [0.717, 1.165) is 12.1 Å². The zero-order chi connectivity index (χ0) is 20.3. The first-order valence-electron chi connectivity index (χ1n) is 9.11. The van der Waals surface area contributed by atoms with Gasteiger partial charge in [-0.05, 0) is 25.0 Å². The molecule has 2 aromatic rings. The fourth-order valence-electron chi connectivity index (χ4n) is 3.93. The van der Waals surface area contributed by atoms with Crippen molar-refractivity contribution < 1.29 is 27.2 Å². The van der Waals surface area contributed by atoms with Crippen LogP contribution in [-0.2, 0) is 4.79 Å². The molecule has 28 heavy (non-hydrogen) atoms. The van der Waals surface area contributed by atoms with Crippen molar-refractivity contribution in [3.05, 3.63) is 35.5 Å². The van der Waals surface area contributed by atoms with Gasteiger partial charge in [0.15, 0.2) is 11.6 Å². The Morgan fingerprint density at radius 1 is 1.25 bits per heavy atom. The van der Waals surface area contributed by atoms with E-state index in [1.807, 2.05) is 0 Å². The molecule has 5 nitrogen and oxygen atoms in total. The van der Waals surface area contributed by atoms with Gasteiger partial charge in [-0.15, -0.1) is 0 Å². The minimum Gasteiger partial charge on any atom is -0.350 e. The highest BCUT2D eigenvalue weighted by Crippen LogP contribution is 2.65. The summed E-state index contributed by atoms with van der Waals surface area (Å²) in [6.45, 7) is 1.94. The van der Waals surface area contributed by atoms with E-state index in [9.17, 15) is 27.2 Å². The maximum Gasteiger partial charge on any atom is 0.268 e. The Balaban J connectivity index is 1.46. The minimum atomic E-state index is -2.72. The summed E-state index contributed by atoms with van der Waals surface area (Å²) < 4.78 is 53.7. The van der Waals surface area contributed by atoms with Crippen LogP contribution in [0.25, 0.3) is 10.9 Å². The smallest absolute Gasteiger partial charge is 0.268 e. The number of carbonyl (C=O) groups excluding carboxylic acids is 2. The molecule has 1 aromatic heterocycles. The number of likely N-dealkylation sites (tertiary alicyclic amines) is 1. The number of fused-ring (bicyclic) bond motifs is 1. The molecule has 1 aromatic carbocycles. The Kier molecular flexibility index (Phi) is 4.17. The summed E-state index contributed by atoms with van der Waals surface area (Å²) in [6, 6.07) is 2.42. The molecule has 1 saturated carbocycles. The molecule has 1 saturated heterocycles. The lowest BCUT2D eigenvalue weighted by Gasteiger charge is -2.23. The van der Waals surface area contributed by atoms with Crippen LogP contribution in [0.5, 0.6) is 0 Å². The van der Waals surface area contributed by atoms with E-state index < -0.39 is 40.8 Å². The SMILES string of the molecule is CC[C@@H](NC(=O)c1cc2cc(F)c(F)cc2[nH]1)C(=O)N1CCC2(C1)CC2(F)F. The molecule has 1 aliphatic carbocycles. The number of nitrogens with zero attached hydrogens (tertiary/aromatic N) is 1. The van der Waals surface area contributed by atoms with Crippen LogP contribution >= 0.6 is 0 Å². The van der Waals surface area contributed by atoms with Gasteiger partial charge in [0.05, 0.1) is 5.41 Å². The number of amides is 2. The molecular formula is C19H19F4N3O2. The van der Waals surface area contributed by atoms with E-state index in [1.165, 1.54) is 11.0 Å². The van der Waals surface area contributed by atoms with Gasteiger partial charge in [-0.2, -0.15) is 0 Å². The third-order valence-corrected chi connectivity index (χ3v) is 5.79. The second-order valence-electron chi connectivity index (χ2n) is 7.64. The summed E-state index contributed by atoms with van der Waals surface area (Å²) in [4.78, 5) is 29.3. The van der Waals surface area contributed by atoms with Crippen molar-refractivity contribution >= 4 is 22.7 Å². The number of aromatic nitrogens is 1. The van der Waals surface area contributed by atoms with Crippen LogP contribution < -0.4 is 5.32 Å². The molecule has 2 atom stereocenters. The number of hydrogen-bond acceptors (Lipinski definition) is 2. The predicted molar refractivity (Wildman–Crippen MR) is 93.0 cm³/mol.